The van der Waals surface area contributed by atoms with Crippen molar-refractivity contribution in [2.24, 2.45) is 5.16 Å². The summed E-state index contributed by atoms with van der Waals surface area (Å²) in [5.41, 5.74) is 0.753. The predicted molar refractivity (Wildman–Crippen MR) is 60.3 cm³/mol. The van der Waals surface area contributed by atoms with Crippen LogP contribution in [0.15, 0.2) is 5.16 Å². The van der Waals surface area contributed by atoms with Crippen LogP contribution in [0.5, 0.6) is 0 Å². The lowest BCUT2D eigenvalue weighted by molar-refractivity contribution is -0.136. The van der Waals surface area contributed by atoms with Crippen molar-refractivity contribution in [3.63, 3.8) is 0 Å². The van der Waals surface area contributed by atoms with Crippen molar-refractivity contribution < 1.29 is 15.1 Å². The maximum Gasteiger partial charge on any atom is 0.304 e. The van der Waals surface area contributed by atoms with Crippen LogP contribution in [-0.2, 0) is 4.79 Å². The molecule has 2 N–H and O–H groups in total. The van der Waals surface area contributed by atoms with Crippen LogP contribution in [0, 0.1) is 0 Å². The Balaban J connectivity index is 0.000000288. The molecule has 1 unspecified atom stereocenters. The third kappa shape index (κ3) is 7.45. The summed E-state index contributed by atoms with van der Waals surface area (Å²) >= 11 is 10.8. The predicted octanol–water partition coefficient (Wildman–Crippen LogP) is 2.70. The normalized spacial score (nSPS) is 23.1. The number of rotatable bonds is 2. The zero-order chi connectivity index (χ0) is 11.7. The van der Waals surface area contributed by atoms with Crippen LogP contribution in [-0.4, -0.2) is 33.3 Å². The number of nitrogens with zero attached hydrogens (tertiary/aromatic N) is 1. The van der Waals surface area contributed by atoms with Crippen molar-refractivity contribution in [3.05, 3.63) is 0 Å². The van der Waals surface area contributed by atoms with Crippen LogP contribution in [0.4, 0.5) is 0 Å². The highest BCUT2D eigenvalue weighted by Gasteiger charge is 2.17. The maximum absolute atomic E-state index is 9.51. The van der Waals surface area contributed by atoms with E-state index in [0.717, 1.165) is 31.4 Å². The topological polar surface area (TPSA) is 69.9 Å². The van der Waals surface area contributed by atoms with Gasteiger partial charge in [-0.15, -0.1) is 23.2 Å². The monoisotopic (exact) mass is 255 g/mol. The van der Waals surface area contributed by atoms with E-state index in [4.69, 9.17) is 33.5 Å². The van der Waals surface area contributed by atoms with Gasteiger partial charge in [-0.1, -0.05) is 11.6 Å². The molecule has 0 bridgehead atoms. The third-order valence-electron chi connectivity index (χ3n) is 1.94. The van der Waals surface area contributed by atoms with Gasteiger partial charge in [0, 0.05) is 5.88 Å². The van der Waals surface area contributed by atoms with Gasteiger partial charge in [0.25, 0.3) is 0 Å². The molecule has 0 heterocycles. The van der Waals surface area contributed by atoms with Crippen LogP contribution >= 0.6 is 23.2 Å². The van der Waals surface area contributed by atoms with E-state index in [1.807, 2.05) is 0 Å². The van der Waals surface area contributed by atoms with Crippen LogP contribution < -0.4 is 0 Å². The number of carbonyl (C=O) groups is 1. The Morgan fingerprint density at radius 1 is 1.53 bits per heavy atom. The van der Waals surface area contributed by atoms with E-state index in [1.165, 1.54) is 0 Å². The summed E-state index contributed by atoms with van der Waals surface area (Å²) in [4.78, 5) is 9.51. The van der Waals surface area contributed by atoms with Gasteiger partial charge in [-0.2, -0.15) is 0 Å². The van der Waals surface area contributed by atoms with Gasteiger partial charge < -0.3 is 10.3 Å². The first kappa shape index (κ1) is 14.5. The van der Waals surface area contributed by atoms with Crippen molar-refractivity contribution in [1.29, 1.82) is 0 Å². The Morgan fingerprint density at radius 2 is 2.20 bits per heavy atom. The largest absolute Gasteiger partial charge is 0.481 e. The molecule has 0 aromatic heterocycles. The molecule has 1 aliphatic carbocycles. The number of hydrogen-bond donors (Lipinski definition) is 2. The fourth-order valence-electron chi connectivity index (χ4n) is 1.15. The lowest BCUT2D eigenvalue weighted by Crippen LogP contribution is -2.18. The summed E-state index contributed by atoms with van der Waals surface area (Å²) in [6, 6.07) is 0. The Labute approximate surface area is 98.9 Å². The number of carboxylic acids is 1. The van der Waals surface area contributed by atoms with Crippen molar-refractivity contribution in [1.82, 2.24) is 0 Å². The summed E-state index contributed by atoms with van der Waals surface area (Å²) in [5.74, 6) is -0.639. The number of oxime groups is 1. The van der Waals surface area contributed by atoms with Gasteiger partial charge in [-0.05, 0) is 19.3 Å². The summed E-state index contributed by atoms with van der Waals surface area (Å²) in [5, 5.41) is 19.3. The highest BCUT2D eigenvalue weighted by Crippen LogP contribution is 2.19. The molecule has 1 saturated carbocycles. The molecule has 0 saturated heterocycles. The second-order valence-electron chi connectivity index (χ2n) is 3.14. The molecule has 1 atom stereocenters. The molecule has 1 fully saturated rings. The summed E-state index contributed by atoms with van der Waals surface area (Å²) in [6.07, 6.45) is 4.16. The van der Waals surface area contributed by atoms with E-state index in [2.05, 4.69) is 5.16 Å². The average molecular weight is 256 g/mol. The second-order valence-corrected chi connectivity index (χ2v) is 4.04. The number of alkyl halides is 2. The van der Waals surface area contributed by atoms with Crippen LogP contribution in [0.2, 0.25) is 0 Å². The Hall–Kier alpha value is -0.480. The lowest BCUT2D eigenvalue weighted by Gasteiger charge is -2.15. The molecule has 0 amide bonds. The summed E-state index contributed by atoms with van der Waals surface area (Å²) in [6.45, 7) is 0. The quantitative estimate of drug-likeness (QED) is 0.453. The standard InChI is InChI=1S/C6H10ClNO.C3H5ClO2/c7-5-3-1-2-4-6(5)8-9;4-2-1-3(5)6/h5,9H,1-4H2;1-2H2,(H,5,6)/b8-6-;. The first-order chi connectivity index (χ1) is 7.11. The van der Waals surface area contributed by atoms with E-state index in [1.54, 1.807) is 0 Å². The van der Waals surface area contributed by atoms with Crippen LogP contribution in [0.25, 0.3) is 0 Å². The van der Waals surface area contributed by atoms with Gasteiger partial charge in [0.05, 0.1) is 17.5 Å². The highest BCUT2D eigenvalue weighted by molar-refractivity contribution is 6.32. The molecular formula is C9H15Cl2NO3. The average Bonchev–Trinajstić information content (AvgIpc) is 2.19. The van der Waals surface area contributed by atoms with Crippen LogP contribution in [0.1, 0.15) is 32.1 Å². The summed E-state index contributed by atoms with van der Waals surface area (Å²) in [7, 11) is 0. The van der Waals surface area contributed by atoms with Gasteiger partial charge in [0.2, 0.25) is 0 Å². The molecule has 0 radical (unpaired) electrons. The molecule has 0 aromatic rings. The second kappa shape index (κ2) is 8.80. The minimum Gasteiger partial charge on any atom is -0.481 e. The van der Waals surface area contributed by atoms with E-state index < -0.39 is 5.97 Å². The van der Waals surface area contributed by atoms with Gasteiger partial charge in [-0.25, -0.2) is 0 Å². The van der Waals surface area contributed by atoms with E-state index in [9.17, 15) is 4.79 Å². The zero-order valence-corrected chi connectivity index (χ0v) is 9.84. The fourth-order valence-corrected chi connectivity index (χ4v) is 1.62. The minimum absolute atomic E-state index is 0.0104. The Kier molecular flexibility index (Phi) is 8.52. The third-order valence-corrected chi connectivity index (χ3v) is 2.60. The smallest absolute Gasteiger partial charge is 0.304 e. The molecule has 0 aromatic carbocycles. The number of halogens is 2. The van der Waals surface area contributed by atoms with Crippen molar-refractivity contribution >= 4 is 34.9 Å². The number of aliphatic carboxylic acids is 1. The van der Waals surface area contributed by atoms with Crippen molar-refractivity contribution in [2.75, 3.05) is 5.88 Å². The molecule has 88 valence electrons. The van der Waals surface area contributed by atoms with Gasteiger partial charge in [-0.3, -0.25) is 4.79 Å². The van der Waals surface area contributed by atoms with Crippen molar-refractivity contribution in [2.45, 2.75) is 37.5 Å². The number of hydrogen-bond acceptors (Lipinski definition) is 3. The van der Waals surface area contributed by atoms with Crippen molar-refractivity contribution in [3.8, 4) is 0 Å². The molecule has 4 nitrogen and oxygen atoms in total. The molecule has 0 aliphatic heterocycles. The number of carboxylic acid groups (broad SMARTS) is 1. The first-order valence-electron chi connectivity index (χ1n) is 4.74. The molecule has 6 heteroatoms. The van der Waals surface area contributed by atoms with E-state index >= 15 is 0 Å². The Bertz CT molecular complexity index is 221. The molecule has 15 heavy (non-hydrogen) atoms. The fraction of sp³-hybridized carbons (Fsp3) is 0.778. The minimum atomic E-state index is -0.843. The van der Waals surface area contributed by atoms with Gasteiger partial charge in [0.15, 0.2) is 0 Å². The lowest BCUT2D eigenvalue weighted by atomic mass is 9.98. The highest BCUT2D eigenvalue weighted by atomic mass is 35.5. The Morgan fingerprint density at radius 3 is 2.47 bits per heavy atom. The van der Waals surface area contributed by atoms with E-state index in [-0.39, 0.29) is 17.7 Å². The zero-order valence-electron chi connectivity index (χ0n) is 8.33. The first-order valence-corrected chi connectivity index (χ1v) is 5.71. The molecular weight excluding hydrogens is 241 g/mol. The molecule has 1 aliphatic rings. The SMILES string of the molecule is O/N=C1/CCCCC1Cl.O=C(O)CCCl. The van der Waals surface area contributed by atoms with Gasteiger partial charge >= 0.3 is 5.97 Å². The van der Waals surface area contributed by atoms with Crippen LogP contribution in [0.3, 0.4) is 0 Å². The maximum atomic E-state index is 9.51. The molecule has 0 spiro atoms. The summed E-state index contributed by atoms with van der Waals surface area (Å²) < 4.78 is 0. The van der Waals surface area contributed by atoms with E-state index in [0.29, 0.717) is 0 Å². The van der Waals surface area contributed by atoms with Gasteiger partial charge in [0.1, 0.15) is 0 Å². The molecule has 1 rings (SSSR count).